The van der Waals surface area contributed by atoms with E-state index < -0.39 is 4.92 Å². The average molecular weight is 434 g/mol. The van der Waals surface area contributed by atoms with Gasteiger partial charge in [0, 0.05) is 24.7 Å². The summed E-state index contributed by atoms with van der Waals surface area (Å²) in [6.07, 6.45) is 0.708. The molecule has 1 heterocycles. The van der Waals surface area contributed by atoms with E-state index in [1.807, 2.05) is 25.1 Å². The summed E-state index contributed by atoms with van der Waals surface area (Å²) in [5, 5.41) is 14.2. The van der Waals surface area contributed by atoms with E-state index in [9.17, 15) is 14.9 Å². The number of nitro benzene ring substituents is 1. The fourth-order valence-corrected chi connectivity index (χ4v) is 3.70. The quantitative estimate of drug-likeness (QED) is 0.555. The number of benzene rings is 2. The fourth-order valence-electron chi connectivity index (χ4n) is 3.15. The number of anilines is 1. The van der Waals surface area contributed by atoms with Crippen LogP contribution in [0.25, 0.3) is 0 Å². The number of halogens is 1. The van der Waals surface area contributed by atoms with E-state index in [1.54, 1.807) is 18.1 Å². The van der Waals surface area contributed by atoms with Crippen LogP contribution in [0.2, 0.25) is 0 Å². The molecule has 0 aromatic heterocycles. The SMILES string of the molecule is COc1ccc(C(C)NCC(=O)N2CCc3ccc([N+](=O)[O-])cc32)cc1Br. The number of ether oxygens (including phenoxy) is 1. The van der Waals surface area contributed by atoms with Gasteiger partial charge in [0.25, 0.3) is 5.69 Å². The Balaban J connectivity index is 1.66. The van der Waals surface area contributed by atoms with Gasteiger partial charge >= 0.3 is 0 Å². The van der Waals surface area contributed by atoms with Crippen molar-refractivity contribution in [2.75, 3.05) is 25.1 Å². The molecule has 1 aliphatic rings. The number of nitrogens with zero attached hydrogens (tertiary/aromatic N) is 2. The first-order valence-electron chi connectivity index (χ1n) is 8.55. The highest BCUT2D eigenvalue weighted by molar-refractivity contribution is 9.10. The molecule has 1 aliphatic heterocycles. The molecule has 0 radical (unpaired) electrons. The first kappa shape index (κ1) is 19.3. The maximum absolute atomic E-state index is 12.7. The lowest BCUT2D eigenvalue weighted by atomic mass is 10.1. The minimum Gasteiger partial charge on any atom is -0.496 e. The molecule has 0 aliphatic carbocycles. The number of methoxy groups -OCH3 is 1. The summed E-state index contributed by atoms with van der Waals surface area (Å²) < 4.78 is 6.08. The molecule has 2 aromatic carbocycles. The first-order chi connectivity index (χ1) is 12.9. The molecule has 142 valence electrons. The third-order valence-electron chi connectivity index (χ3n) is 4.71. The summed E-state index contributed by atoms with van der Waals surface area (Å²) in [7, 11) is 1.61. The Morgan fingerprint density at radius 3 is 2.81 bits per heavy atom. The Morgan fingerprint density at radius 1 is 1.37 bits per heavy atom. The van der Waals surface area contributed by atoms with E-state index in [4.69, 9.17) is 4.74 Å². The average Bonchev–Trinajstić information content (AvgIpc) is 3.08. The van der Waals surface area contributed by atoms with Gasteiger partial charge in [0.2, 0.25) is 5.91 Å². The van der Waals surface area contributed by atoms with Crippen molar-refractivity contribution < 1.29 is 14.5 Å². The van der Waals surface area contributed by atoms with Crippen molar-refractivity contribution in [2.45, 2.75) is 19.4 Å². The lowest BCUT2D eigenvalue weighted by Gasteiger charge is -2.20. The summed E-state index contributed by atoms with van der Waals surface area (Å²) in [6.45, 7) is 2.66. The van der Waals surface area contributed by atoms with Crippen LogP contribution in [0.4, 0.5) is 11.4 Å². The maximum Gasteiger partial charge on any atom is 0.271 e. The van der Waals surface area contributed by atoms with Gasteiger partial charge in [-0.15, -0.1) is 0 Å². The van der Waals surface area contributed by atoms with Crippen LogP contribution in [0.1, 0.15) is 24.1 Å². The molecule has 2 aromatic rings. The molecular weight excluding hydrogens is 414 g/mol. The molecule has 0 saturated heterocycles. The molecule has 0 bridgehead atoms. The number of nitro groups is 1. The van der Waals surface area contributed by atoms with Crippen LogP contribution in [0.15, 0.2) is 40.9 Å². The molecule has 0 saturated carbocycles. The Hall–Kier alpha value is -2.45. The van der Waals surface area contributed by atoms with Crippen LogP contribution >= 0.6 is 15.9 Å². The van der Waals surface area contributed by atoms with Crippen molar-refractivity contribution >= 4 is 33.2 Å². The molecule has 1 amide bonds. The van der Waals surface area contributed by atoms with Gasteiger partial charge in [0.15, 0.2) is 0 Å². The van der Waals surface area contributed by atoms with Crippen LogP contribution in [-0.2, 0) is 11.2 Å². The fraction of sp³-hybridized carbons (Fsp3) is 0.316. The van der Waals surface area contributed by atoms with E-state index in [0.717, 1.165) is 21.3 Å². The highest BCUT2D eigenvalue weighted by atomic mass is 79.9. The van der Waals surface area contributed by atoms with Crippen LogP contribution in [-0.4, -0.2) is 31.0 Å². The minimum absolute atomic E-state index is 0.00198. The third kappa shape index (κ3) is 4.12. The van der Waals surface area contributed by atoms with Gasteiger partial charge in [-0.2, -0.15) is 0 Å². The largest absolute Gasteiger partial charge is 0.496 e. The Labute approximate surface area is 165 Å². The Kier molecular flexibility index (Phi) is 5.76. The highest BCUT2D eigenvalue weighted by Gasteiger charge is 2.26. The molecule has 8 heteroatoms. The third-order valence-corrected chi connectivity index (χ3v) is 5.33. The van der Waals surface area contributed by atoms with Crippen molar-refractivity contribution in [1.82, 2.24) is 5.32 Å². The molecular formula is C19H20BrN3O4. The number of nitrogens with one attached hydrogen (secondary N) is 1. The van der Waals surface area contributed by atoms with E-state index in [2.05, 4.69) is 21.2 Å². The van der Waals surface area contributed by atoms with E-state index >= 15 is 0 Å². The second-order valence-corrected chi connectivity index (χ2v) is 7.22. The number of hydrogen-bond donors (Lipinski definition) is 1. The molecule has 0 spiro atoms. The number of carbonyl (C=O) groups is 1. The molecule has 1 N–H and O–H groups in total. The van der Waals surface area contributed by atoms with Gasteiger partial charge in [0.1, 0.15) is 5.75 Å². The van der Waals surface area contributed by atoms with Crippen molar-refractivity contribution in [3.63, 3.8) is 0 Å². The standard InChI is InChI=1S/C19H20BrN3O4/c1-12(14-4-6-18(27-2)16(20)9-14)21-11-19(24)22-8-7-13-3-5-15(23(25)26)10-17(13)22/h3-6,9-10,12,21H,7-8,11H2,1-2H3. The van der Waals surface area contributed by atoms with Crippen molar-refractivity contribution in [3.8, 4) is 5.75 Å². The van der Waals surface area contributed by atoms with Crippen molar-refractivity contribution in [2.24, 2.45) is 0 Å². The smallest absolute Gasteiger partial charge is 0.271 e. The summed E-state index contributed by atoms with van der Waals surface area (Å²) in [4.78, 5) is 24.8. The predicted molar refractivity (Wildman–Crippen MR) is 106 cm³/mol. The number of fused-ring (bicyclic) bond motifs is 1. The Morgan fingerprint density at radius 2 is 2.15 bits per heavy atom. The summed E-state index contributed by atoms with van der Waals surface area (Å²) in [5.74, 6) is 0.644. The number of carbonyl (C=O) groups excluding carboxylic acids is 1. The number of amides is 1. The topological polar surface area (TPSA) is 84.7 Å². The van der Waals surface area contributed by atoms with Gasteiger partial charge < -0.3 is 15.0 Å². The molecule has 0 fully saturated rings. The van der Waals surface area contributed by atoms with Crippen LogP contribution < -0.4 is 15.0 Å². The van der Waals surface area contributed by atoms with Crippen molar-refractivity contribution in [1.29, 1.82) is 0 Å². The van der Waals surface area contributed by atoms with Gasteiger partial charge in [-0.05, 0) is 52.5 Å². The summed E-state index contributed by atoms with van der Waals surface area (Å²) in [5.41, 5.74) is 2.61. The molecule has 27 heavy (non-hydrogen) atoms. The summed E-state index contributed by atoms with van der Waals surface area (Å²) >= 11 is 3.46. The van der Waals surface area contributed by atoms with Crippen molar-refractivity contribution in [3.05, 3.63) is 62.1 Å². The second-order valence-electron chi connectivity index (χ2n) is 6.36. The van der Waals surface area contributed by atoms with Crippen LogP contribution in [0.5, 0.6) is 5.75 Å². The number of rotatable bonds is 6. The second kappa shape index (κ2) is 8.06. The lowest BCUT2D eigenvalue weighted by molar-refractivity contribution is -0.384. The van der Waals surface area contributed by atoms with Crippen LogP contribution in [0, 0.1) is 10.1 Å². The molecule has 1 atom stereocenters. The monoisotopic (exact) mass is 433 g/mol. The zero-order chi connectivity index (χ0) is 19.6. The molecule has 1 unspecified atom stereocenters. The van der Waals surface area contributed by atoms with E-state index in [0.29, 0.717) is 18.7 Å². The van der Waals surface area contributed by atoms with Gasteiger partial charge in [-0.25, -0.2) is 0 Å². The zero-order valence-corrected chi connectivity index (χ0v) is 16.7. The molecule has 3 rings (SSSR count). The Bertz CT molecular complexity index is 887. The van der Waals surface area contributed by atoms with Gasteiger partial charge in [0.05, 0.1) is 28.7 Å². The first-order valence-corrected chi connectivity index (χ1v) is 9.34. The van der Waals surface area contributed by atoms with Crippen LogP contribution in [0.3, 0.4) is 0 Å². The van der Waals surface area contributed by atoms with E-state index in [-0.39, 0.29) is 24.2 Å². The lowest BCUT2D eigenvalue weighted by Crippen LogP contribution is -2.38. The summed E-state index contributed by atoms with van der Waals surface area (Å²) in [6, 6.07) is 10.4. The zero-order valence-electron chi connectivity index (χ0n) is 15.1. The highest BCUT2D eigenvalue weighted by Crippen LogP contribution is 2.32. The van der Waals surface area contributed by atoms with Gasteiger partial charge in [-0.1, -0.05) is 12.1 Å². The number of non-ortho nitro benzene ring substituents is 1. The van der Waals surface area contributed by atoms with E-state index in [1.165, 1.54) is 12.1 Å². The normalized spacial score (nSPS) is 14.0. The minimum atomic E-state index is -0.441. The van der Waals surface area contributed by atoms with Gasteiger partial charge in [-0.3, -0.25) is 14.9 Å². The maximum atomic E-state index is 12.7. The molecule has 7 nitrogen and oxygen atoms in total. The number of hydrogen-bond acceptors (Lipinski definition) is 5. The predicted octanol–water partition coefficient (Wildman–Crippen LogP) is 3.61.